The van der Waals surface area contributed by atoms with Crippen molar-refractivity contribution in [2.24, 2.45) is 5.92 Å². The van der Waals surface area contributed by atoms with Crippen molar-refractivity contribution in [3.63, 3.8) is 0 Å². The van der Waals surface area contributed by atoms with E-state index in [0.717, 1.165) is 62.2 Å². The minimum absolute atomic E-state index is 0.139. The molecule has 0 aliphatic carbocycles. The summed E-state index contributed by atoms with van der Waals surface area (Å²) in [6.45, 7) is 4.74. The number of fused-ring (bicyclic) bond motifs is 1. The third-order valence-corrected chi connectivity index (χ3v) is 5.20. The maximum absolute atomic E-state index is 12.8. The zero-order valence-corrected chi connectivity index (χ0v) is 14.4. The van der Waals surface area contributed by atoms with E-state index in [0.29, 0.717) is 19.1 Å². The second kappa shape index (κ2) is 7.35. The zero-order chi connectivity index (χ0) is 17.1. The van der Waals surface area contributed by atoms with Crippen LogP contribution >= 0.6 is 0 Å². The van der Waals surface area contributed by atoms with Gasteiger partial charge in [-0.05, 0) is 31.4 Å². The largest absolute Gasteiger partial charge is 0.381 e. The van der Waals surface area contributed by atoms with Crippen LogP contribution in [0.15, 0.2) is 30.6 Å². The van der Waals surface area contributed by atoms with Gasteiger partial charge in [-0.15, -0.1) is 0 Å². The zero-order valence-electron chi connectivity index (χ0n) is 14.4. The number of rotatable bonds is 2. The Hall–Kier alpha value is -2.21. The molecule has 0 spiro atoms. The van der Waals surface area contributed by atoms with Crippen LogP contribution in [0.25, 0.3) is 10.9 Å². The molecule has 25 heavy (non-hydrogen) atoms. The van der Waals surface area contributed by atoms with E-state index in [-0.39, 0.29) is 5.92 Å². The van der Waals surface area contributed by atoms with Gasteiger partial charge in [-0.25, -0.2) is 9.97 Å². The van der Waals surface area contributed by atoms with Crippen molar-refractivity contribution in [3.05, 3.63) is 30.6 Å². The molecule has 2 fully saturated rings. The first kappa shape index (κ1) is 16.3. The van der Waals surface area contributed by atoms with Gasteiger partial charge in [-0.2, -0.15) is 0 Å². The van der Waals surface area contributed by atoms with Crippen molar-refractivity contribution in [3.8, 4) is 0 Å². The van der Waals surface area contributed by atoms with Crippen LogP contribution in [-0.4, -0.2) is 60.2 Å². The Morgan fingerprint density at radius 1 is 1.04 bits per heavy atom. The smallest absolute Gasteiger partial charge is 0.225 e. The van der Waals surface area contributed by atoms with Crippen LogP contribution in [0.1, 0.15) is 19.3 Å². The molecule has 0 unspecified atom stereocenters. The lowest BCUT2D eigenvalue weighted by Crippen LogP contribution is -2.40. The normalized spacial score (nSPS) is 19.8. The van der Waals surface area contributed by atoms with Crippen LogP contribution in [0.5, 0.6) is 0 Å². The Morgan fingerprint density at radius 3 is 2.76 bits per heavy atom. The summed E-state index contributed by atoms with van der Waals surface area (Å²) in [4.78, 5) is 26.0. The average Bonchev–Trinajstić information content (AvgIpc) is 2.94. The van der Waals surface area contributed by atoms with E-state index in [4.69, 9.17) is 4.74 Å². The molecule has 1 aromatic carbocycles. The summed E-state index contributed by atoms with van der Waals surface area (Å²) in [6.07, 6.45) is 4.31. The second-order valence-corrected chi connectivity index (χ2v) is 6.77. The van der Waals surface area contributed by atoms with Gasteiger partial charge < -0.3 is 14.5 Å². The van der Waals surface area contributed by atoms with Crippen LogP contribution in [0.4, 0.5) is 5.82 Å². The Kier molecular flexibility index (Phi) is 4.78. The molecule has 1 aromatic heterocycles. The Balaban J connectivity index is 1.48. The number of anilines is 1. The Bertz CT molecular complexity index is 740. The first-order valence-corrected chi connectivity index (χ1v) is 9.14. The number of hydrogen-bond acceptors (Lipinski definition) is 5. The molecule has 1 amide bonds. The van der Waals surface area contributed by atoms with Crippen molar-refractivity contribution in [1.82, 2.24) is 14.9 Å². The van der Waals surface area contributed by atoms with Gasteiger partial charge >= 0.3 is 0 Å². The first-order valence-electron chi connectivity index (χ1n) is 9.14. The van der Waals surface area contributed by atoms with Gasteiger partial charge in [0.25, 0.3) is 0 Å². The summed E-state index contributed by atoms with van der Waals surface area (Å²) in [6, 6.07) is 8.10. The van der Waals surface area contributed by atoms with E-state index in [9.17, 15) is 4.79 Å². The summed E-state index contributed by atoms with van der Waals surface area (Å²) in [7, 11) is 0. The van der Waals surface area contributed by atoms with E-state index < -0.39 is 0 Å². The maximum Gasteiger partial charge on any atom is 0.225 e. The number of para-hydroxylation sites is 1. The van der Waals surface area contributed by atoms with Crippen LogP contribution in [0, 0.1) is 5.92 Å². The van der Waals surface area contributed by atoms with Gasteiger partial charge in [-0.3, -0.25) is 4.79 Å². The number of carbonyl (C=O) groups excluding carboxylic acids is 1. The van der Waals surface area contributed by atoms with E-state index in [1.807, 2.05) is 23.1 Å². The lowest BCUT2D eigenvalue weighted by atomic mass is 9.98. The highest BCUT2D eigenvalue weighted by Gasteiger charge is 2.28. The number of hydrogen-bond donors (Lipinski definition) is 0. The molecule has 6 heteroatoms. The first-order chi connectivity index (χ1) is 12.3. The summed E-state index contributed by atoms with van der Waals surface area (Å²) >= 11 is 0. The minimum atomic E-state index is 0.139. The van der Waals surface area contributed by atoms with Crippen molar-refractivity contribution >= 4 is 22.6 Å². The molecular weight excluding hydrogens is 316 g/mol. The summed E-state index contributed by atoms with van der Waals surface area (Å²) in [5.74, 6) is 1.42. The molecule has 2 aromatic rings. The fourth-order valence-corrected chi connectivity index (χ4v) is 3.79. The molecule has 6 nitrogen and oxygen atoms in total. The van der Waals surface area contributed by atoms with Crippen LogP contribution in [-0.2, 0) is 9.53 Å². The van der Waals surface area contributed by atoms with Crippen LogP contribution in [0.2, 0.25) is 0 Å². The predicted molar refractivity (Wildman–Crippen MR) is 96.5 cm³/mol. The molecule has 2 saturated heterocycles. The van der Waals surface area contributed by atoms with Crippen molar-refractivity contribution in [1.29, 1.82) is 0 Å². The van der Waals surface area contributed by atoms with E-state index >= 15 is 0 Å². The third kappa shape index (κ3) is 3.44. The average molecular weight is 340 g/mol. The molecule has 4 rings (SSSR count). The minimum Gasteiger partial charge on any atom is -0.381 e. The predicted octanol–water partition coefficient (Wildman–Crippen LogP) is 2.10. The van der Waals surface area contributed by atoms with Gasteiger partial charge in [0.2, 0.25) is 5.91 Å². The summed E-state index contributed by atoms with van der Waals surface area (Å²) in [5.41, 5.74) is 0.965. The number of carbonyl (C=O) groups is 1. The van der Waals surface area contributed by atoms with E-state index in [2.05, 4.69) is 20.9 Å². The molecule has 2 aliphatic heterocycles. The lowest BCUT2D eigenvalue weighted by Gasteiger charge is -2.28. The molecule has 2 aliphatic rings. The van der Waals surface area contributed by atoms with Gasteiger partial charge in [0.1, 0.15) is 12.1 Å². The standard InChI is InChI=1S/C19H24N4O2/c24-19(15-6-12-25-13-7-15)23-9-3-8-22(10-11-23)18-16-4-1-2-5-17(16)20-14-21-18/h1-2,4-5,14-15H,3,6-13H2. The summed E-state index contributed by atoms with van der Waals surface area (Å²) < 4.78 is 5.38. The molecule has 0 bridgehead atoms. The number of aromatic nitrogens is 2. The fraction of sp³-hybridized carbons (Fsp3) is 0.526. The highest BCUT2D eigenvalue weighted by atomic mass is 16.5. The van der Waals surface area contributed by atoms with E-state index in [1.165, 1.54) is 0 Å². The van der Waals surface area contributed by atoms with Gasteiger partial charge in [0.15, 0.2) is 0 Å². The SMILES string of the molecule is O=C(C1CCOCC1)N1CCCN(c2ncnc3ccccc23)CC1. The molecule has 132 valence electrons. The molecule has 0 N–H and O–H groups in total. The van der Waals surface area contributed by atoms with Gasteiger partial charge in [0.05, 0.1) is 5.52 Å². The van der Waals surface area contributed by atoms with Gasteiger partial charge in [-0.1, -0.05) is 12.1 Å². The quantitative estimate of drug-likeness (QED) is 0.838. The molecule has 0 atom stereocenters. The highest BCUT2D eigenvalue weighted by Crippen LogP contribution is 2.24. The van der Waals surface area contributed by atoms with E-state index in [1.54, 1.807) is 6.33 Å². The monoisotopic (exact) mass is 340 g/mol. The molecular formula is C19H24N4O2. The summed E-state index contributed by atoms with van der Waals surface area (Å²) in [5, 5.41) is 1.08. The molecule has 0 saturated carbocycles. The Labute approximate surface area is 147 Å². The third-order valence-electron chi connectivity index (χ3n) is 5.20. The molecule has 0 radical (unpaired) electrons. The number of ether oxygens (including phenoxy) is 1. The highest BCUT2D eigenvalue weighted by molar-refractivity contribution is 5.89. The number of nitrogens with zero attached hydrogens (tertiary/aromatic N) is 4. The fourth-order valence-electron chi connectivity index (χ4n) is 3.79. The second-order valence-electron chi connectivity index (χ2n) is 6.77. The maximum atomic E-state index is 12.8. The van der Waals surface area contributed by atoms with Crippen LogP contribution in [0.3, 0.4) is 0 Å². The van der Waals surface area contributed by atoms with Crippen molar-refractivity contribution in [2.75, 3.05) is 44.3 Å². The number of amides is 1. The molecule has 3 heterocycles. The van der Waals surface area contributed by atoms with Crippen molar-refractivity contribution < 1.29 is 9.53 Å². The van der Waals surface area contributed by atoms with Crippen LogP contribution < -0.4 is 4.90 Å². The Morgan fingerprint density at radius 2 is 1.88 bits per heavy atom. The lowest BCUT2D eigenvalue weighted by molar-refractivity contribution is -0.138. The topological polar surface area (TPSA) is 58.6 Å². The van der Waals surface area contributed by atoms with Crippen molar-refractivity contribution in [2.45, 2.75) is 19.3 Å². The number of benzene rings is 1. The van der Waals surface area contributed by atoms with Gasteiger partial charge in [0, 0.05) is 50.7 Å².